The second-order valence-corrected chi connectivity index (χ2v) is 9.94. The van der Waals surface area contributed by atoms with Gasteiger partial charge in [0.15, 0.2) is 5.65 Å². The van der Waals surface area contributed by atoms with Crippen LogP contribution in [0.4, 0.5) is 0 Å². The van der Waals surface area contributed by atoms with Gasteiger partial charge in [0.1, 0.15) is 0 Å². The maximum atomic E-state index is 13.6. The summed E-state index contributed by atoms with van der Waals surface area (Å²) < 4.78 is 7.24. The van der Waals surface area contributed by atoms with Gasteiger partial charge in [0.2, 0.25) is 0 Å². The highest BCUT2D eigenvalue weighted by Crippen LogP contribution is 2.22. The SMILES string of the molecule is CC(C)Cn1c(=O)[nH]c(=O)c2c(C(=O)N3CCN(CC4CCCO4)CC3)cc(C(C)C)nc21. The van der Waals surface area contributed by atoms with Crippen molar-refractivity contribution in [1.29, 1.82) is 0 Å². The van der Waals surface area contributed by atoms with Crippen LogP contribution in [0.5, 0.6) is 0 Å². The number of H-pyrrole nitrogens is 1. The fraction of sp³-hybridized carbons (Fsp3) is 0.667. The Morgan fingerprint density at radius 2 is 1.91 bits per heavy atom. The number of aromatic nitrogens is 3. The third kappa shape index (κ3) is 5.04. The molecule has 2 fully saturated rings. The Labute approximate surface area is 193 Å². The molecular weight excluding hydrogens is 422 g/mol. The van der Waals surface area contributed by atoms with Crippen LogP contribution in [0.15, 0.2) is 15.7 Å². The maximum absolute atomic E-state index is 13.6. The summed E-state index contributed by atoms with van der Waals surface area (Å²) in [5, 5.41) is 0.200. The van der Waals surface area contributed by atoms with Gasteiger partial charge in [-0.25, -0.2) is 9.78 Å². The van der Waals surface area contributed by atoms with Gasteiger partial charge in [0, 0.05) is 51.6 Å². The number of pyridine rings is 1. The number of nitrogens with zero attached hydrogens (tertiary/aromatic N) is 4. The van der Waals surface area contributed by atoms with E-state index in [0.29, 0.717) is 42.6 Å². The van der Waals surface area contributed by atoms with Gasteiger partial charge < -0.3 is 9.64 Å². The zero-order chi connectivity index (χ0) is 23.7. The van der Waals surface area contributed by atoms with Crippen molar-refractivity contribution in [3.63, 3.8) is 0 Å². The van der Waals surface area contributed by atoms with Crippen LogP contribution in [0, 0.1) is 5.92 Å². The summed E-state index contributed by atoms with van der Waals surface area (Å²) in [6.07, 6.45) is 2.51. The molecule has 0 bridgehead atoms. The molecule has 1 amide bonds. The summed E-state index contributed by atoms with van der Waals surface area (Å²) in [7, 11) is 0. The Morgan fingerprint density at radius 3 is 2.52 bits per heavy atom. The van der Waals surface area contributed by atoms with E-state index >= 15 is 0 Å². The smallest absolute Gasteiger partial charge is 0.330 e. The van der Waals surface area contributed by atoms with Crippen LogP contribution in [0.1, 0.15) is 62.5 Å². The standard InChI is InChI=1S/C24H35N5O4/c1-15(2)13-29-21-20(22(30)26-24(29)32)18(12-19(25-21)16(3)4)23(31)28-9-7-27(8-10-28)14-17-6-5-11-33-17/h12,15-17H,5-11,13-14H2,1-4H3,(H,26,30,32). The lowest BCUT2D eigenvalue weighted by Gasteiger charge is -2.36. The fourth-order valence-electron chi connectivity index (χ4n) is 4.67. The van der Waals surface area contributed by atoms with Crippen LogP contribution in [-0.4, -0.2) is 75.7 Å². The molecule has 33 heavy (non-hydrogen) atoms. The minimum Gasteiger partial charge on any atom is -0.377 e. The van der Waals surface area contributed by atoms with E-state index in [1.54, 1.807) is 6.07 Å². The van der Waals surface area contributed by atoms with Crippen LogP contribution in [0.3, 0.4) is 0 Å². The number of carbonyl (C=O) groups is 1. The van der Waals surface area contributed by atoms with E-state index in [-0.39, 0.29) is 23.1 Å². The number of aromatic amines is 1. The van der Waals surface area contributed by atoms with Crippen LogP contribution in [0.25, 0.3) is 11.0 Å². The molecule has 2 aromatic heterocycles. The lowest BCUT2D eigenvalue weighted by Crippen LogP contribution is -2.50. The predicted molar refractivity (Wildman–Crippen MR) is 127 cm³/mol. The number of hydrogen-bond donors (Lipinski definition) is 1. The molecule has 0 spiro atoms. The molecule has 1 atom stereocenters. The molecule has 2 aliphatic heterocycles. The van der Waals surface area contributed by atoms with E-state index in [4.69, 9.17) is 4.74 Å². The molecule has 0 aromatic carbocycles. The van der Waals surface area contributed by atoms with E-state index in [2.05, 4.69) is 14.9 Å². The minimum atomic E-state index is -0.557. The molecule has 4 rings (SSSR count). The molecule has 2 saturated heterocycles. The van der Waals surface area contributed by atoms with Crippen molar-refractivity contribution in [2.24, 2.45) is 5.92 Å². The first kappa shape index (κ1) is 23.6. The van der Waals surface area contributed by atoms with Gasteiger partial charge in [-0.15, -0.1) is 0 Å². The molecule has 180 valence electrons. The van der Waals surface area contributed by atoms with Gasteiger partial charge in [0.25, 0.3) is 11.5 Å². The largest absolute Gasteiger partial charge is 0.377 e. The molecular formula is C24H35N5O4. The topological polar surface area (TPSA) is 101 Å². The van der Waals surface area contributed by atoms with E-state index in [0.717, 1.165) is 39.1 Å². The first-order valence-corrected chi connectivity index (χ1v) is 12.1. The van der Waals surface area contributed by atoms with Crippen LogP contribution >= 0.6 is 0 Å². The number of fused-ring (bicyclic) bond motifs is 1. The van der Waals surface area contributed by atoms with Gasteiger partial charge in [-0.05, 0) is 30.7 Å². The molecule has 2 aromatic rings. The van der Waals surface area contributed by atoms with E-state index in [1.807, 2.05) is 32.6 Å². The van der Waals surface area contributed by atoms with Crippen molar-refractivity contribution >= 4 is 16.9 Å². The average Bonchev–Trinajstić information content (AvgIpc) is 3.28. The van der Waals surface area contributed by atoms with E-state index in [9.17, 15) is 14.4 Å². The van der Waals surface area contributed by atoms with Crippen molar-refractivity contribution in [2.75, 3.05) is 39.3 Å². The monoisotopic (exact) mass is 457 g/mol. The predicted octanol–water partition coefficient (Wildman–Crippen LogP) is 1.80. The zero-order valence-electron chi connectivity index (χ0n) is 20.1. The highest BCUT2D eigenvalue weighted by molar-refractivity contribution is 6.05. The Morgan fingerprint density at radius 1 is 1.18 bits per heavy atom. The van der Waals surface area contributed by atoms with Crippen molar-refractivity contribution in [2.45, 2.75) is 59.1 Å². The first-order chi connectivity index (χ1) is 15.7. The number of nitrogens with one attached hydrogen (secondary N) is 1. The second kappa shape index (κ2) is 9.77. The summed E-state index contributed by atoms with van der Waals surface area (Å²) in [5.41, 5.74) is 0.276. The van der Waals surface area contributed by atoms with Gasteiger partial charge in [-0.2, -0.15) is 0 Å². The number of amides is 1. The number of piperazine rings is 1. The molecule has 4 heterocycles. The van der Waals surface area contributed by atoms with Crippen molar-refractivity contribution in [3.8, 4) is 0 Å². The van der Waals surface area contributed by atoms with E-state index < -0.39 is 11.2 Å². The lowest BCUT2D eigenvalue weighted by atomic mass is 10.0. The maximum Gasteiger partial charge on any atom is 0.330 e. The Hall–Kier alpha value is -2.52. The highest BCUT2D eigenvalue weighted by Gasteiger charge is 2.28. The quantitative estimate of drug-likeness (QED) is 0.710. The molecule has 1 unspecified atom stereocenters. The van der Waals surface area contributed by atoms with Crippen molar-refractivity contribution < 1.29 is 9.53 Å². The third-order valence-corrected chi connectivity index (χ3v) is 6.48. The molecule has 9 heteroatoms. The summed E-state index contributed by atoms with van der Waals surface area (Å²) in [6.45, 7) is 12.9. The number of rotatable bonds is 6. The normalized spacial score (nSPS) is 19.8. The molecule has 0 saturated carbocycles. The van der Waals surface area contributed by atoms with Gasteiger partial charge in [0.05, 0.1) is 17.1 Å². The number of carbonyl (C=O) groups excluding carboxylic acids is 1. The third-order valence-electron chi connectivity index (χ3n) is 6.48. The molecule has 0 aliphatic carbocycles. The summed E-state index contributed by atoms with van der Waals surface area (Å²) in [6, 6.07) is 1.73. The molecule has 0 radical (unpaired) electrons. The Bertz CT molecular complexity index is 1120. The fourth-order valence-corrected chi connectivity index (χ4v) is 4.67. The zero-order valence-corrected chi connectivity index (χ0v) is 20.1. The van der Waals surface area contributed by atoms with Crippen molar-refractivity contribution in [1.82, 2.24) is 24.3 Å². The average molecular weight is 458 g/mol. The van der Waals surface area contributed by atoms with Crippen LogP contribution in [0.2, 0.25) is 0 Å². The Kier molecular flexibility index (Phi) is 6.99. The van der Waals surface area contributed by atoms with Gasteiger partial charge >= 0.3 is 5.69 Å². The lowest BCUT2D eigenvalue weighted by molar-refractivity contribution is 0.0433. The molecule has 9 nitrogen and oxygen atoms in total. The van der Waals surface area contributed by atoms with Crippen LogP contribution in [-0.2, 0) is 11.3 Å². The summed E-state index contributed by atoms with van der Waals surface area (Å²) in [5.74, 6) is 0.0461. The van der Waals surface area contributed by atoms with Gasteiger partial charge in [-0.1, -0.05) is 27.7 Å². The minimum absolute atomic E-state index is 0.0473. The number of ether oxygens (including phenoxy) is 1. The van der Waals surface area contributed by atoms with E-state index in [1.165, 1.54) is 4.57 Å². The number of hydrogen-bond acceptors (Lipinski definition) is 6. The summed E-state index contributed by atoms with van der Waals surface area (Å²) >= 11 is 0. The summed E-state index contributed by atoms with van der Waals surface area (Å²) in [4.78, 5) is 50.3. The van der Waals surface area contributed by atoms with Crippen molar-refractivity contribution in [3.05, 3.63) is 38.2 Å². The van der Waals surface area contributed by atoms with Gasteiger partial charge in [-0.3, -0.25) is 24.0 Å². The molecule has 1 N–H and O–H groups in total. The Balaban J connectivity index is 1.67. The first-order valence-electron chi connectivity index (χ1n) is 12.1. The second-order valence-electron chi connectivity index (χ2n) is 9.94. The highest BCUT2D eigenvalue weighted by atomic mass is 16.5. The molecule has 2 aliphatic rings. The van der Waals surface area contributed by atoms with Crippen LogP contribution < -0.4 is 11.2 Å².